The molecule has 0 aliphatic heterocycles. The van der Waals surface area contributed by atoms with Gasteiger partial charge in [0.05, 0.1) is 0 Å². The van der Waals surface area contributed by atoms with E-state index in [1.54, 1.807) is 25.1 Å². The number of benzene rings is 1. The fourth-order valence-electron chi connectivity index (χ4n) is 0.888. The molecule has 0 aliphatic rings. The van der Waals surface area contributed by atoms with Gasteiger partial charge in [-0.15, -0.1) is 0 Å². The Morgan fingerprint density at radius 3 is 2.92 bits per heavy atom. The van der Waals surface area contributed by atoms with Crippen LogP contribution < -0.4 is 4.74 Å². The van der Waals surface area contributed by atoms with E-state index in [4.69, 9.17) is 4.74 Å². The van der Waals surface area contributed by atoms with Gasteiger partial charge < -0.3 is 4.74 Å². The molecule has 0 unspecified atom stereocenters. The second-order valence-corrected chi connectivity index (χ2v) is 3.81. The summed E-state index contributed by atoms with van der Waals surface area (Å²) < 4.78 is 19.1. The van der Waals surface area contributed by atoms with Gasteiger partial charge in [0, 0.05) is 4.48 Å². The molecule has 0 spiro atoms. The van der Waals surface area contributed by atoms with Crippen LogP contribution in [0.3, 0.4) is 0 Å². The van der Waals surface area contributed by atoms with Crippen LogP contribution in [0.2, 0.25) is 0 Å². The van der Waals surface area contributed by atoms with Crippen molar-refractivity contribution in [3.63, 3.8) is 0 Å². The van der Waals surface area contributed by atoms with E-state index in [0.29, 0.717) is 10.0 Å². The van der Waals surface area contributed by atoms with Crippen LogP contribution >= 0.6 is 15.9 Å². The maximum absolute atomic E-state index is 13.3. The van der Waals surface area contributed by atoms with E-state index in [2.05, 4.69) is 22.5 Å². The molecule has 0 fully saturated rings. The minimum Gasteiger partial charge on any atom is -0.485 e. The molecule has 0 amide bonds. The van der Waals surface area contributed by atoms with Crippen LogP contribution in [0.4, 0.5) is 4.39 Å². The van der Waals surface area contributed by atoms with E-state index in [0.717, 1.165) is 0 Å². The summed E-state index contributed by atoms with van der Waals surface area (Å²) in [7, 11) is 0. The fraction of sp³-hybridized carbons (Fsp3) is 0.200. The monoisotopic (exact) mass is 244 g/mol. The SMILES string of the molecule is C=C(Br)COc1cccc(C)c1F. The van der Waals surface area contributed by atoms with Gasteiger partial charge in [-0.05, 0) is 18.6 Å². The Bertz CT molecular complexity index is 323. The van der Waals surface area contributed by atoms with Crippen molar-refractivity contribution in [1.29, 1.82) is 0 Å². The predicted octanol–water partition coefficient (Wildman–Crippen LogP) is 3.42. The number of aryl methyl sites for hydroxylation is 1. The Morgan fingerprint density at radius 1 is 1.62 bits per heavy atom. The Balaban J connectivity index is 2.77. The Labute approximate surface area is 85.3 Å². The van der Waals surface area contributed by atoms with Gasteiger partial charge in [-0.3, -0.25) is 0 Å². The lowest BCUT2D eigenvalue weighted by atomic mass is 10.2. The van der Waals surface area contributed by atoms with Gasteiger partial charge in [0.1, 0.15) is 6.61 Å². The number of hydrogen-bond acceptors (Lipinski definition) is 1. The zero-order valence-electron chi connectivity index (χ0n) is 7.31. The summed E-state index contributed by atoms with van der Waals surface area (Å²) in [5.74, 6) is -0.0446. The lowest BCUT2D eigenvalue weighted by molar-refractivity contribution is 0.339. The predicted molar refractivity (Wildman–Crippen MR) is 54.7 cm³/mol. The van der Waals surface area contributed by atoms with Crippen molar-refractivity contribution in [3.8, 4) is 5.75 Å². The van der Waals surface area contributed by atoms with Crippen molar-refractivity contribution in [2.75, 3.05) is 6.61 Å². The normalized spacial score (nSPS) is 9.77. The van der Waals surface area contributed by atoms with Crippen molar-refractivity contribution in [2.45, 2.75) is 6.92 Å². The van der Waals surface area contributed by atoms with Crippen molar-refractivity contribution in [1.82, 2.24) is 0 Å². The first-order valence-electron chi connectivity index (χ1n) is 3.82. The van der Waals surface area contributed by atoms with Crippen molar-refractivity contribution in [2.24, 2.45) is 0 Å². The van der Waals surface area contributed by atoms with Gasteiger partial charge in [-0.1, -0.05) is 34.6 Å². The minimum atomic E-state index is -0.309. The second-order valence-electron chi connectivity index (χ2n) is 2.69. The van der Waals surface area contributed by atoms with Crippen LogP contribution in [0.15, 0.2) is 29.3 Å². The average Bonchev–Trinajstić information content (AvgIpc) is 2.07. The van der Waals surface area contributed by atoms with Gasteiger partial charge in [-0.2, -0.15) is 0 Å². The Morgan fingerprint density at radius 2 is 2.31 bits per heavy atom. The molecule has 1 aromatic rings. The van der Waals surface area contributed by atoms with Crippen LogP contribution in [0.25, 0.3) is 0 Å². The van der Waals surface area contributed by atoms with E-state index in [1.807, 2.05) is 0 Å². The van der Waals surface area contributed by atoms with Crippen LogP contribution in [0.1, 0.15) is 5.56 Å². The first-order chi connectivity index (χ1) is 6.11. The van der Waals surface area contributed by atoms with E-state index < -0.39 is 0 Å². The molecule has 0 saturated carbocycles. The van der Waals surface area contributed by atoms with Gasteiger partial charge in [0.25, 0.3) is 0 Å². The number of hydrogen-bond donors (Lipinski definition) is 0. The zero-order valence-corrected chi connectivity index (χ0v) is 8.90. The van der Waals surface area contributed by atoms with Crippen LogP contribution in [0.5, 0.6) is 5.75 Å². The molecule has 0 saturated heterocycles. The molecule has 1 aromatic carbocycles. The zero-order chi connectivity index (χ0) is 9.84. The fourth-order valence-corrected chi connectivity index (χ4v) is 1.00. The maximum atomic E-state index is 13.3. The molecule has 0 heterocycles. The maximum Gasteiger partial charge on any atom is 0.167 e. The van der Waals surface area contributed by atoms with Gasteiger partial charge in [-0.25, -0.2) is 4.39 Å². The summed E-state index contributed by atoms with van der Waals surface area (Å²) in [5.41, 5.74) is 0.581. The number of halogens is 2. The molecule has 0 bridgehead atoms. The highest BCUT2D eigenvalue weighted by atomic mass is 79.9. The largest absolute Gasteiger partial charge is 0.485 e. The summed E-state index contributed by atoms with van der Waals surface area (Å²) in [5, 5.41) is 0. The summed E-state index contributed by atoms with van der Waals surface area (Å²) in [4.78, 5) is 0. The summed E-state index contributed by atoms with van der Waals surface area (Å²) in [6, 6.07) is 5.05. The first-order valence-corrected chi connectivity index (χ1v) is 4.61. The smallest absolute Gasteiger partial charge is 0.167 e. The molecular formula is C10H10BrFO. The highest BCUT2D eigenvalue weighted by Crippen LogP contribution is 2.20. The summed E-state index contributed by atoms with van der Waals surface area (Å²) >= 11 is 3.13. The Kier molecular flexibility index (Phi) is 3.48. The van der Waals surface area contributed by atoms with E-state index in [1.165, 1.54) is 0 Å². The minimum absolute atomic E-state index is 0.264. The highest BCUT2D eigenvalue weighted by Gasteiger charge is 2.04. The van der Waals surface area contributed by atoms with Crippen molar-refractivity contribution in [3.05, 3.63) is 40.6 Å². The van der Waals surface area contributed by atoms with E-state index >= 15 is 0 Å². The highest BCUT2D eigenvalue weighted by molar-refractivity contribution is 9.11. The lowest BCUT2D eigenvalue weighted by Gasteiger charge is -2.06. The molecule has 0 N–H and O–H groups in total. The average molecular weight is 245 g/mol. The second kappa shape index (κ2) is 4.42. The summed E-state index contributed by atoms with van der Waals surface area (Å²) in [6.45, 7) is 5.57. The molecule has 3 heteroatoms. The van der Waals surface area contributed by atoms with Gasteiger partial charge in [0.2, 0.25) is 0 Å². The number of rotatable bonds is 3. The molecule has 0 aliphatic carbocycles. The van der Waals surface area contributed by atoms with Crippen molar-refractivity contribution >= 4 is 15.9 Å². The molecule has 0 radical (unpaired) electrons. The van der Waals surface area contributed by atoms with Gasteiger partial charge in [0.15, 0.2) is 11.6 Å². The molecule has 1 nitrogen and oxygen atoms in total. The standard InChI is InChI=1S/C10H10BrFO/c1-7-4-3-5-9(10(7)12)13-6-8(2)11/h3-5H,2,6H2,1H3. The third-order valence-electron chi connectivity index (χ3n) is 1.54. The summed E-state index contributed by atoms with van der Waals surface area (Å²) in [6.07, 6.45) is 0. The first kappa shape index (κ1) is 10.3. The molecular weight excluding hydrogens is 235 g/mol. The molecule has 70 valence electrons. The molecule has 0 atom stereocenters. The van der Waals surface area contributed by atoms with Crippen molar-refractivity contribution < 1.29 is 9.13 Å². The van der Waals surface area contributed by atoms with E-state index in [9.17, 15) is 4.39 Å². The van der Waals surface area contributed by atoms with Crippen LogP contribution in [-0.2, 0) is 0 Å². The third-order valence-corrected chi connectivity index (χ3v) is 1.77. The van der Waals surface area contributed by atoms with Crippen LogP contribution in [-0.4, -0.2) is 6.61 Å². The van der Waals surface area contributed by atoms with Gasteiger partial charge >= 0.3 is 0 Å². The van der Waals surface area contributed by atoms with Crippen LogP contribution in [0, 0.1) is 12.7 Å². The Hall–Kier alpha value is -0.830. The molecule has 13 heavy (non-hydrogen) atoms. The third kappa shape index (κ3) is 2.84. The quantitative estimate of drug-likeness (QED) is 0.792. The van der Waals surface area contributed by atoms with E-state index in [-0.39, 0.29) is 18.2 Å². The number of ether oxygens (including phenoxy) is 1. The molecule has 1 rings (SSSR count). The molecule has 0 aromatic heterocycles. The topological polar surface area (TPSA) is 9.23 Å². The lowest BCUT2D eigenvalue weighted by Crippen LogP contribution is -1.99.